The first-order valence-electron chi connectivity index (χ1n) is 6.36. The number of hydrogen-bond acceptors (Lipinski definition) is 4. The van der Waals surface area contributed by atoms with Crippen molar-refractivity contribution in [1.29, 1.82) is 0 Å². The molecule has 0 saturated heterocycles. The Bertz CT molecular complexity index is 494. The Labute approximate surface area is 113 Å². The lowest BCUT2D eigenvalue weighted by Gasteiger charge is -2.28. The van der Waals surface area contributed by atoms with Crippen LogP contribution in [0, 0.1) is 0 Å². The number of amides is 1. The number of aromatic hydroxyl groups is 1. The first-order chi connectivity index (χ1) is 8.81. The van der Waals surface area contributed by atoms with E-state index in [1.54, 1.807) is 17.0 Å². The maximum atomic E-state index is 12.3. The Morgan fingerprint density at radius 1 is 1.53 bits per heavy atom. The topological polar surface area (TPSA) is 75.8 Å². The highest BCUT2D eigenvalue weighted by atomic mass is 16.6. The molecule has 0 unspecified atom stereocenters. The van der Waals surface area contributed by atoms with Crippen molar-refractivity contribution in [1.82, 2.24) is 0 Å². The highest BCUT2D eigenvalue weighted by molar-refractivity contribution is 5.91. The normalized spacial score (nSPS) is 18.3. The van der Waals surface area contributed by atoms with Crippen LogP contribution in [0.5, 0.6) is 5.75 Å². The molecule has 0 spiro atoms. The Morgan fingerprint density at radius 3 is 2.79 bits per heavy atom. The molecule has 2 rings (SSSR count). The molecule has 1 heterocycles. The van der Waals surface area contributed by atoms with E-state index in [1.807, 2.05) is 26.8 Å². The largest absolute Gasteiger partial charge is 0.508 e. The van der Waals surface area contributed by atoms with E-state index in [0.29, 0.717) is 18.7 Å². The minimum absolute atomic E-state index is 0.119. The van der Waals surface area contributed by atoms with Crippen LogP contribution >= 0.6 is 0 Å². The molecule has 0 fully saturated rings. The first kappa shape index (κ1) is 13.7. The SMILES string of the molecule is CC(C)(C)OC(=O)N1c2cc(O)ccc2C[C@H]1CN. The lowest BCUT2D eigenvalue weighted by atomic mass is 10.1. The van der Waals surface area contributed by atoms with Crippen LogP contribution in [0.3, 0.4) is 0 Å². The van der Waals surface area contributed by atoms with E-state index < -0.39 is 11.7 Å². The van der Waals surface area contributed by atoms with Gasteiger partial charge in [0.15, 0.2) is 0 Å². The van der Waals surface area contributed by atoms with Gasteiger partial charge in [-0.1, -0.05) is 6.07 Å². The predicted octanol–water partition coefficient (Wildman–Crippen LogP) is 2.02. The Morgan fingerprint density at radius 2 is 2.21 bits per heavy atom. The Kier molecular flexibility index (Phi) is 3.41. The summed E-state index contributed by atoms with van der Waals surface area (Å²) in [7, 11) is 0. The van der Waals surface area contributed by atoms with Crippen LogP contribution in [0.2, 0.25) is 0 Å². The second kappa shape index (κ2) is 4.74. The monoisotopic (exact) mass is 264 g/mol. The number of nitrogens with two attached hydrogens (primary N) is 1. The Balaban J connectivity index is 2.32. The highest BCUT2D eigenvalue weighted by Gasteiger charge is 2.35. The van der Waals surface area contributed by atoms with Gasteiger partial charge in [-0.25, -0.2) is 4.79 Å². The van der Waals surface area contributed by atoms with Crippen LogP contribution in [0.4, 0.5) is 10.5 Å². The third kappa shape index (κ3) is 2.81. The van der Waals surface area contributed by atoms with Crippen molar-refractivity contribution in [3.63, 3.8) is 0 Å². The van der Waals surface area contributed by atoms with Crippen molar-refractivity contribution >= 4 is 11.8 Å². The van der Waals surface area contributed by atoms with Gasteiger partial charge in [0.2, 0.25) is 0 Å². The summed E-state index contributed by atoms with van der Waals surface area (Å²) in [6.45, 7) is 5.82. The average Bonchev–Trinajstić information content (AvgIpc) is 2.64. The summed E-state index contributed by atoms with van der Waals surface area (Å²) < 4.78 is 5.40. The van der Waals surface area contributed by atoms with Crippen LogP contribution in [0.25, 0.3) is 0 Å². The summed E-state index contributed by atoms with van der Waals surface area (Å²) in [6, 6.07) is 4.89. The molecule has 5 heteroatoms. The molecule has 0 aliphatic carbocycles. The number of benzene rings is 1. The lowest BCUT2D eigenvalue weighted by Crippen LogP contribution is -2.44. The number of ether oxygens (including phenoxy) is 1. The first-order valence-corrected chi connectivity index (χ1v) is 6.36. The highest BCUT2D eigenvalue weighted by Crippen LogP contribution is 2.35. The number of nitrogens with zero attached hydrogens (tertiary/aromatic N) is 1. The number of anilines is 1. The number of phenolic OH excluding ortho intramolecular Hbond substituents is 1. The van der Waals surface area contributed by atoms with Crippen molar-refractivity contribution in [2.75, 3.05) is 11.4 Å². The van der Waals surface area contributed by atoms with Crippen molar-refractivity contribution in [3.8, 4) is 5.75 Å². The van der Waals surface area contributed by atoms with Crippen LogP contribution in [0.15, 0.2) is 18.2 Å². The standard InChI is InChI=1S/C14H20N2O3/c1-14(2,3)19-13(18)16-10(8-15)6-9-4-5-11(17)7-12(9)16/h4-5,7,10,17H,6,8,15H2,1-3H3/t10-/m0/s1. The van der Waals surface area contributed by atoms with Gasteiger partial charge >= 0.3 is 6.09 Å². The fourth-order valence-electron chi connectivity index (χ4n) is 2.24. The van der Waals surface area contributed by atoms with Crippen molar-refractivity contribution in [3.05, 3.63) is 23.8 Å². The van der Waals surface area contributed by atoms with Crippen molar-refractivity contribution in [2.24, 2.45) is 5.73 Å². The second-order valence-electron chi connectivity index (χ2n) is 5.76. The minimum Gasteiger partial charge on any atom is -0.508 e. The van der Waals surface area contributed by atoms with E-state index in [0.717, 1.165) is 5.56 Å². The summed E-state index contributed by atoms with van der Waals surface area (Å²) in [5.74, 6) is 0.130. The molecule has 104 valence electrons. The summed E-state index contributed by atoms with van der Waals surface area (Å²) in [5, 5.41) is 9.58. The number of carbonyl (C=O) groups excluding carboxylic acids is 1. The maximum Gasteiger partial charge on any atom is 0.415 e. The lowest BCUT2D eigenvalue weighted by molar-refractivity contribution is 0.0571. The predicted molar refractivity (Wildman–Crippen MR) is 73.4 cm³/mol. The van der Waals surface area contributed by atoms with E-state index in [-0.39, 0.29) is 11.8 Å². The third-order valence-corrected chi connectivity index (χ3v) is 3.01. The molecule has 0 bridgehead atoms. The third-order valence-electron chi connectivity index (χ3n) is 3.01. The van der Waals surface area contributed by atoms with Gasteiger partial charge in [-0.05, 0) is 38.8 Å². The second-order valence-corrected chi connectivity index (χ2v) is 5.76. The molecule has 0 saturated carbocycles. The van der Waals surface area contributed by atoms with Gasteiger partial charge in [0.25, 0.3) is 0 Å². The quantitative estimate of drug-likeness (QED) is 0.813. The fraction of sp³-hybridized carbons (Fsp3) is 0.500. The van der Waals surface area contributed by atoms with E-state index in [9.17, 15) is 9.90 Å². The molecular weight excluding hydrogens is 244 g/mol. The van der Waals surface area contributed by atoms with Gasteiger partial charge < -0.3 is 15.6 Å². The zero-order valence-electron chi connectivity index (χ0n) is 11.5. The van der Waals surface area contributed by atoms with Crippen LogP contribution in [0.1, 0.15) is 26.3 Å². The molecule has 1 atom stereocenters. The molecule has 0 radical (unpaired) electrons. The number of fused-ring (bicyclic) bond motifs is 1. The molecule has 1 aliphatic rings. The summed E-state index contributed by atoms with van der Waals surface area (Å²) >= 11 is 0. The number of carbonyl (C=O) groups is 1. The smallest absolute Gasteiger partial charge is 0.415 e. The number of rotatable bonds is 1. The van der Waals surface area contributed by atoms with Gasteiger partial charge in [-0.3, -0.25) is 4.90 Å². The Hall–Kier alpha value is -1.75. The van der Waals surface area contributed by atoms with Gasteiger partial charge in [0, 0.05) is 12.6 Å². The van der Waals surface area contributed by atoms with Crippen LogP contribution < -0.4 is 10.6 Å². The summed E-state index contributed by atoms with van der Waals surface area (Å²) in [6.07, 6.45) is 0.262. The summed E-state index contributed by atoms with van der Waals surface area (Å²) in [5.41, 5.74) is 6.86. The maximum absolute atomic E-state index is 12.3. The van der Waals surface area contributed by atoms with E-state index in [4.69, 9.17) is 10.5 Å². The van der Waals surface area contributed by atoms with E-state index in [2.05, 4.69) is 0 Å². The van der Waals surface area contributed by atoms with E-state index in [1.165, 1.54) is 0 Å². The fourth-order valence-corrected chi connectivity index (χ4v) is 2.24. The molecule has 19 heavy (non-hydrogen) atoms. The zero-order chi connectivity index (χ0) is 14.2. The van der Waals surface area contributed by atoms with Crippen LogP contribution in [-0.4, -0.2) is 29.4 Å². The van der Waals surface area contributed by atoms with Crippen LogP contribution in [-0.2, 0) is 11.2 Å². The van der Waals surface area contributed by atoms with E-state index >= 15 is 0 Å². The molecule has 5 nitrogen and oxygen atoms in total. The molecular formula is C14H20N2O3. The molecule has 0 aromatic heterocycles. The van der Waals surface area contributed by atoms with Crippen molar-refractivity contribution < 1.29 is 14.6 Å². The number of phenols is 1. The van der Waals surface area contributed by atoms with Gasteiger partial charge in [-0.15, -0.1) is 0 Å². The van der Waals surface area contributed by atoms with Gasteiger partial charge in [0.1, 0.15) is 11.4 Å². The number of hydrogen-bond donors (Lipinski definition) is 2. The molecule has 3 N–H and O–H groups in total. The van der Waals surface area contributed by atoms with Crippen molar-refractivity contribution in [2.45, 2.75) is 38.8 Å². The van der Waals surface area contributed by atoms with Gasteiger partial charge in [0.05, 0.1) is 11.7 Å². The summed E-state index contributed by atoms with van der Waals surface area (Å²) in [4.78, 5) is 13.8. The molecule has 1 aromatic rings. The minimum atomic E-state index is -0.560. The molecule has 1 amide bonds. The zero-order valence-corrected chi connectivity index (χ0v) is 11.5. The average molecular weight is 264 g/mol. The molecule has 1 aliphatic heterocycles. The van der Waals surface area contributed by atoms with Gasteiger partial charge in [-0.2, -0.15) is 0 Å². The molecule has 1 aromatic carbocycles.